The molecule has 0 aliphatic heterocycles. The first-order valence-electron chi connectivity index (χ1n) is 7.31. The molecule has 7 nitrogen and oxygen atoms in total. The van der Waals surface area contributed by atoms with Gasteiger partial charge in [-0.3, -0.25) is 0 Å². The Bertz CT molecular complexity index is 821. The normalized spacial score (nSPS) is 12.2. The molecule has 0 bridgehead atoms. The largest absolute Gasteiger partial charge is 0.493 e. The molecule has 0 saturated heterocycles. The number of rotatable bonds is 6. The first-order chi connectivity index (χ1) is 11.1. The lowest BCUT2D eigenvalue weighted by Gasteiger charge is -2.27. The Morgan fingerprint density at radius 2 is 1.75 bits per heavy atom. The predicted octanol–water partition coefficient (Wildman–Crippen LogP) is 2.52. The predicted molar refractivity (Wildman–Crippen MR) is 88.9 cm³/mol. The van der Waals surface area contributed by atoms with E-state index in [1.807, 2.05) is 0 Å². The van der Waals surface area contributed by atoms with Crippen LogP contribution in [0.1, 0.15) is 30.9 Å². The van der Waals surface area contributed by atoms with Crippen LogP contribution in [0.5, 0.6) is 11.5 Å². The molecule has 2 rings (SSSR count). The van der Waals surface area contributed by atoms with Crippen LogP contribution >= 0.6 is 0 Å². The number of sulfonamides is 1. The van der Waals surface area contributed by atoms with E-state index in [2.05, 4.69) is 9.88 Å². The van der Waals surface area contributed by atoms with Crippen molar-refractivity contribution >= 4 is 10.0 Å². The number of hydrogen-bond acceptors (Lipinski definition) is 6. The van der Waals surface area contributed by atoms with E-state index < -0.39 is 15.6 Å². The third-order valence-corrected chi connectivity index (χ3v) is 5.63. The third-order valence-electron chi connectivity index (χ3n) is 3.73. The highest BCUT2D eigenvalue weighted by atomic mass is 32.2. The van der Waals surface area contributed by atoms with E-state index in [1.54, 1.807) is 53.0 Å². The average molecular weight is 354 g/mol. The van der Waals surface area contributed by atoms with Crippen molar-refractivity contribution in [3.05, 3.63) is 35.2 Å². The van der Waals surface area contributed by atoms with Crippen molar-refractivity contribution < 1.29 is 22.4 Å². The van der Waals surface area contributed by atoms with Crippen molar-refractivity contribution in [3.63, 3.8) is 0 Å². The van der Waals surface area contributed by atoms with Crippen LogP contribution in [0.25, 0.3) is 0 Å². The molecule has 0 spiro atoms. The Hall–Kier alpha value is -2.06. The Kier molecular flexibility index (Phi) is 4.91. The second-order valence-electron chi connectivity index (χ2n) is 5.95. The summed E-state index contributed by atoms with van der Waals surface area (Å²) in [5.74, 6) is 1.35. The van der Waals surface area contributed by atoms with E-state index in [-0.39, 0.29) is 10.7 Å². The summed E-state index contributed by atoms with van der Waals surface area (Å²) in [7, 11) is -0.723. The zero-order valence-electron chi connectivity index (χ0n) is 14.6. The molecule has 132 valence electrons. The highest BCUT2D eigenvalue weighted by Gasteiger charge is 2.32. The zero-order chi connectivity index (χ0) is 18.1. The van der Waals surface area contributed by atoms with Gasteiger partial charge in [0.25, 0.3) is 0 Å². The molecule has 0 atom stereocenters. The number of benzene rings is 1. The van der Waals surface area contributed by atoms with Gasteiger partial charge in [-0.25, -0.2) is 13.1 Å². The summed E-state index contributed by atoms with van der Waals surface area (Å²) in [6, 6.07) is 5.27. The van der Waals surface area contributed by atoms with E-state index in [1.165, 1.54) is 7.11 Å². The molecule has 1 heterocycles. The molecule has 0 amide bonds. The van der Waals surface area contributed by atoms with E-state index in [9.17, 15) is 8.42 Å². The number of nitrogens with zero attached hydrogens (tertiary/aromatic N) is 1. The number of aryl methyl sites for hydroxylation is 2. The second-order valence-corrected chi connectivity index (χ2v) is 7.57. The minimum atomic E-state index is -3.80. The lowest BCUT2D eigenvalue weighted by Crippen LogP contribution is -2.41. The van der Waals surface area contributed by atoms with Gasteiger partial charge in [-0.05, 0) is 45.4 Å². The molecule has 1 aromatic heterocycles. The third kappa shape index (κ3) is 3.39. The van der Waals surface area contributed by atoms with Crippen LogP contribution in [0.3, 0.4) is 0 Å². The van der Waals surface area contributed by atoms with Crippen molar-refractivity contribution in [2.75, 3.05) is 14.2 Å². The number of ether oxygens (including phenoxy) is 2. The van der Waals surface area contributed by atoms with Gasteiger partial charge in [-0.2, -0.15) is 0 Å². The Labute approximate surface area is 142 Å². The van der Waals surface area contributed by atoms with Gasteiger partial charge in [0.1, 0.15) is 10.6 Å². The Morgan fingerprint density at radius 3 is 2.25 bits per heavy atom. The molecule has 0 saturated carbocycles. The van der Waals surface area contributed by atoms with Gasteiger partial charge in [0.05, 0.1) is 19.8 Å². The molecular weight excluding hydrogens is 332 g/mol. The van der Waals surface area contributed by atoms with Crippen molar-refractivity contribution in [2.45, 2.75) is 38.1 Å². The minimum absolute atomic E-state index is 0.0658. The topological polar surface area (TPSA) is 90.7 Å². The monoisotopic (exact) mass is 354 g/mol. The van der Waals surface area contributed by atoms with Crippen molar-refractivity contribution in [2.24, 2.45) is 0 Å². The number of hydrogen-bond donors (Lipinski definition) is 1. The van der Waals surface area contributed by atoms with E-state index in [4.69, 9.17) is 14.0 Å². The molecule has 0 fully saturated rings. The number of methoxy groups -OCH3 is 2. The summed E-state index contributed by atoms with van der Waals surface area (Å²) in [5.41, 5.74) is 0.174. The summed E-state index contributed by atoms with van der Waals surface area (Å²) in [5, 5.41) is 3.70. The zero-order valence-corrected chi connectivity index (χ0v) is 15.4. The van der Waals surface area contributed by atoms with E-state index in [0.717, 1.165) is 5.56 Å². The van der Waals surface area contributed by atoms with Gasteiger partial charge in [-0.1, -0.05) is 11.2 Å². The first kappa shape index (κ1) is 18.3. The number of nitrogens with one attached hydrogen (secondary N) is 1. The maximum Gasteiger partial charge on any atom is 0.246 e. The summed E-state index contributed by atoms with van der Waals surface area (Å²) >= 11 is 0. The van der Waals surface area contributed by atoms with Crippen LogP contribution in [-0.4, -0.2) is 27.8 Å². The molecule has 8 heteroatoms. The molecule has 1 aromatic carbocycles. The summed E-state index contributed by atoms with van der Waals surface area (Å²) in [4.78, 5) is 0.0658. The molecule has 0 unspecified atom stereocenters. The standard InChI is InChI=1S/C16H22N2O5S/c1-10-15(11(2)23-17-10)24(19,20)18-16(3,4)12-7-8-13(21-5)14(9-12)22-6/h7-9,18H,1-6H3. The minimum Gasteiger partial charge on any atom is -0.493 e. The molecule has 0 radical (unpaired) electrons. The number of aromatic nitrogens is 1. The van der Waals surface area contributed by atoms with E-state index >= 15 is 0 Å². The fourth-order valence-electron chi connectivity index (χ4n) is 2.53. The fraction of sp³-hybridized carbons (Fsp3) is 0.438. The van der Waals surface area contributed by atoms with Crippen LogP contribution in [0, 0.1) is 13.8 Å². The van der Waals surface area contributed by atoms with Crippen molar-refractivity contribution in [1.82, 2.24) is 9.88 Å². The fourth-order valence-corrected chi connectivity index (χ4v) is 4.26. The van der Waals surface area contributed by atoms with Crippen molar-refractivity contribution in [1.29, 1.82) is 0 Å². The molecular formula is C16H22N2O5S. The van der Waals surface area contributed by atoms with Crippen LogP contribution in [0.2, 0.25) is 0 Å². The van der Waals surface area contributed by atoms with Gasteiger partial charge >= 0.3 is 0 Å². The molecule has 24 heavy (non-hydrogen) atoms. The van der Waals surface area contributed by atoms with Crippen LogP contribution in [-0.2, 0) is 15.6 Å². The van der Waals surface area contributed by atoms with Crippen LogP contribution in [0.15, 0.2) is 27.6 Å². The Morgan fingerprint density at radius 1 is 1.12 bits per heavy atom. The van der Waals surface area contributed by atoms with Crippen LogP contribution < -0.4 is 14.2 Å². The summed E-state index contributed by atoms with van der Waals surface area (Å²) in [6.07, 6.45) is 0. The maximum atomic E-state index is 12.7. The van der Waals surface area contributed by atoms with Crippen molar-refractivity contribution in [3.8, 4) is 11.5 Å². The second kappa shape index (κ2) is 6.45. The van der Waals surface area contributed by atoms with Gasteiger partial charge in [0, 0.05) is 0 Å². The summed E-state index contributed by atoms with van der Waals surface area (Å²) < 4.78 is 43.6. The quantitative estimate of drug-likeness (QED) is 0.857. The van der Waals surface area contributed by atoms with E-state index in [0.29, 0.717) is 17.2 Å². The van der Waals surface area contributed by atoms with Gasteiger partial charge in [0.15, 0.2) is 17.3 Å². The van der Waals surface area contributed by atoms with Crippen LogP contribution in [0.4, 0.5) is 0 Å². The highest BCUT2D eigenvalue weighted by molar-refractivity contribution is 7.89. The lowest BCUT2D eigenvalue weighted by atomic mass is 9.95. The molecule has 0 aliphatic carbocycles. The molecule has 1 N–H and O–H groups in total. The smallest absolute Gasteiger partial charge is 0.246 e. The maximum absolute atomic E-state index is 12.7. The van der Waals surface area contributed by atoms with Gasteiger partial charge < -0.3 is 14.0 Å². The average Bonchev–Trinajstić information content (AvgIpc) is 2.85. The lowest BCUT2D eigenvalue weighted by molar-refractivity contribution is 0.352. The summed E-state index contributed by atoms with van der Waals surface area (Å²) in [6.45, 7) is 6.69. The Balaban J connectivity index is 2.41. The highest BCUT2D eigenvalue weighted by Crippen LogP contribution is 2.33. The van der Waals surface area contributed by atoms with Gasteiger partial charge in [-0.15, -0.1) is 0 Å². The molecule has 0 aliphatic rings. The van der Waals surface area contributed by atoms with Gasteiger partial charge in [0.2, 0.25) is 10.0 Å². The SMILES string of the molecule is COc1ccc(C(C)(C)NS(=O)(=O)c2c(C)noc2C)cc1OC. The first-order valence-corrected chi connectivity index (χ1v) is 8.80. The molecule has 2 aromatic rings.